The molecule has 84 valence electrons. The zero-order valence-corrected chi connectivity index (χ0v) is 9.54. The number of para-hydroxylation sites is 1. The highest BCUT2D eigenvalue weighted by atomic mass is 32.1. The molecule has 1 aliphatic heterocycles. The number of nitrogens with zero attached hydrogens (tertiary/aromatic N) is 1. The van der Waals surface area contributed by atoms with E-state index in [4.69, 9.17) is 22.7 Å². The first-order valence-corrected chi connectivity index (χ1v) is 5.15. The number of nitrogens with one attached hydrogen (secondary N) is 2. The van der Waals surface area contributed by atoms with Gasteiger partial charge in [0.25, 0.3) is 0 Å². The van der Waals surface area contributed by atoms with Crippen LogP contribution in [0.5, 0.6) is 5.75 Å². The highest BCUT2D eigenvalue weighted by molar-refractivity contribution is 7.80. The number of rotatable bonds is 2. The maximum atomic E-state index is 5.61. The van der Waals surface area contributed by atoms with Crippen LogP contribution in [0.1, 0.15) is 11.7 Å². The van der Waals surface area contributed by atoms with E-state index in [1.165, 1.54) is 0 Å². The summed E-state index contributed by atoms with van der Waals surface area (Å²) in [5, 5.41) is 6.20. The van der Waals surface area contributed by atoms with E-state index < -0.39 is 0 Å². The molecule has 0 spiro atoms. The predicted molar refractivity (Wildman–Crippen MR) is 66.2 cm³/mol. The maximum absolute atomic E-state index is 5.61. The van der Waals surface area contributed by atoms with E-state index in [0.29, 0.717) is 11.1 Å². The van der Waals surface area contributed by atoms with Gasteiger partial charge in [-0.25, -0.2) is 4.99 Å². The molecule has 0 bridgehead atoms. The van der Waals surface area contributed by atoms with Gasteiger partial charge in [0.1, 0.15) is 5.75 Å². The largest absolute Gasteiger partial charge is 0.496 e. The van der Waals surface area contributed by atoms with Crippen LogP contribution in [-0.2, 0) is 0 Å². The van der Waals surface area contributed by atoms with E-state index in [2.05, 4.69) is 15.6 Å². The summed E-state index contributed by atoms with van der Waals surface area (Å²) < 4.78 is 5.26. The van der Waals surface area contributed by atoms with Gasteiger partial charge in [-0.05, 0) is 18.3 Å². The van der Waals surface area contributed by atoms with Gasteiger partial charge in [0, 0.05) is 5.56 Å². The second kappa shape index (κ2) is 4.36. The molecular weight excluding hydrogens is 224 g/mol. The van der Waals surface area contributed by atoms with Gasteiger partial charge in [0.05, 0.1) is 7.11 Å². The summed E-state index contributed by atoms with van der Waals surface area (Å²) in [5.41, 5.74) is 6.51. The van der Waals surface area contributed by atoms with Crippen LogP contribution in [0.25, 0.3) is 0 Å². The van der Waals surface area contributed by atoms with Crippen LogP contribution in [0.3, 0.4) is 0 Å². The first-order valence-electron chi connectivity index (χ1n) is 4.74. The molecule has 1 aromatic rings. The summed E-state index contributed by atoms with van der Waals surface area (Å²) in [5.74, 6) is 1.06. The number of aliphatic imine (C=N–C) groups is 1. The lowest BCUT2D eigenvalue weighted by Gasteiger charge is -2.24. The van der Waals surface area contributed by atoms with Gasteiger partial charge in [0.15, 0.2) is 17.2 Å². The number of ether oxygens (including phenoxy) is 1. The Hall–Kier alpha value is -1.82. The van der Waals surface area contributed by atoms with Crippen molar-refractivity contribution in [3.8, 4) is 5.75 Å². The Morgan fingerprint density at radius 1 is 1.44 bits per heavy atom. The van der Waals surface area contributed by atoms with Crippen molar-refractivity contribution in [1.29, 1.82) is 0 Å². The Morgan fingerprint density at radius 2 is 2.19 bits per heavy atom. The molecule has 1 heterocycles. The third-order valence-corrected chi connectivity index (χ3v) is 2.43. The third-order valence-electron chi connectivity index (χ3n) is 2.21. The van der Waals surface area contributed by atoms with E-state index in [1.807, 2.05) is 24.3 Å². The summed E-state index contributed by atoms with van der Waals surface area (Å²) in [7, 11) is 1.62. The molecule has 16 heavy (non-hydrogen) atoms. The molecule has 1 aromatic carbocycles. The average molecular weight is 236 g/mol. The third kappa shape index (κ3) is 2.06. The summed E-state index contributed by atoms with van der Waals surface area (Å²) in [6, 6.07) is 7.60. The Labute approximate surface area is 98.7 Å². The monoisotopic (exact) mass is 236 g/mol. The Morgan fingerprint density at radius 3 is 2.88 bits per heavy atom. The van der Waals surface area contributed by atoms with Crippen molar-refractivity contribution in [2.75, 3.05) is 7.11 Å². The van der Waals surface area contributed by atoms with Gasteiger partial charge >= 0.3 is 0 Å². The number of hydrogen-bond acceptors (Lipinski definition) is 4. The van der Waals surface area contributed by atoms with E-state index in [-0.39, 0.29) is 6.17 Å². The lowest BCUT2D eigenvalue weighted by Crippen LogP contribution is -2.49. The molecule has 0 fully saturated rings. The van der Waals surface area contributed by atoms with Crippen LogP contribution >= 0.6 is 12.2 Å². The van der Waals surface area contributed by atoms with E-state index in [9.17, 15) is 0 Å². The normalized spacial score (nSPS) is 19.4. The molecule has 1 atom stereocenters. The standard InChI is InChI=1S/C10H12N4OS/c1-15-7-5-3-2-4-6(7)8-12-9(11)14-10(16)13-8/h2-5,8H,1H3,(H4,11,12,13,14,16). The van der Waals surface area contributed by atoms with E-state index >= 15 is 0 Å². The summed E-state index contributed by atoms with van der Waals surface area (Å²) >= 11 is 5.02. The van der Waals surface area contributed by atoms with Gasteiger partial charge < -0.3 is 21.1 Å². The van der Waals surface area contributed by atoms with E-state index in [0.717, 1.165) is 11.3 Å². The molecule has 0 saturated heterocycles. The maximum Gasteiger partial charge on any atom is 0.197 e. The molecule has 5 nitrogen and oxygen atoms in total. The quantitative estimate of drug-likeness (QED) is 0.652. The first-order chi connectivity index (χ1) is 7.70. The minimum atomic E-state index is -0.301. The van der Waals surface area contributed by atoms with Crippen molar-refractivity contribution in [3.63, 3.8) is 0 Å². The highest BCUT2D eigenvalue weighted by Gasteiger charge is 2.20. The van der Waals surface area contributed by atoms with Crippen molar-refractivity contribution in [2.24, 2.45) is 10.7 Å². The van der Waals surface area contributed by atoms with Gasteiger partial charge in [-0.1, -0.05) is 18.2 Å². The summed E-state index contributed by atoms with van der Waals surface area (Å²) in [6.07, 6.45) is -0.301. The van der Waals surface area contributed by atoms with Crippen molar-refractivity contribution in [1.82, 2.24) is 10.6 Å². The van der Waals surface area contributed by atoms with Crippen molar-refractivity contribution in [2.45, 2.75) is 6.17 Å². The fourth-order valence-electron chi connectivity index (χ4n) is 1.52. The molecule has 1 aliphatic rings. The number of thiocarbonyl (C=S) groups is 1. The first kappa shape index (κ1) is 10.7. The van der Waals surface area contributed by atoms with Crippen LogP contribution in [0.15, 0.2) is 29.3 Å². The van der Waals surface area contributed by atoms with Gasteiger partial charge in [-0.3, -0.25) is 0 Å². The van der Waals surface area contributed by atoms with Crippen LogP contribution in [0.4, 0.5) is 0 Å². The van der Waals surface area contributed by atoms with Crippen LogP contribution in [-0.4, -0.2) is 18.2 Å². The fourth-order valence-corrected chi connectivity index (χ4v) is 1.74. The second-order valence-electron chi connectivity index (χ2n) is 3.26. The molecule has 0 amide bonds. The van der Waals surface area contributed by atoms with Crippen LogP contribution in [0, 0.1) is 0 Å². The van der Waals surface area contributed by atoms with Gasteiger partial charge in [-0.2, -0.15) is 0 Å². The van der Waals surface area contributed by atoms with Crippen molar-refractivity contribution in [3.05, 3.63) is 29.8 Å². The topological polar surface area (TPSA) is 71.7 Å². The zero-order chi connectivity index (χ0) is 11.5. The highest BCUT2D eigenvalue weighted by Crippen LogP contribution is 2.26. The number of benzene rings is 1. The lowest BCUT2D eigenvalue weighted by molar-refractivity contribution is 0.404. The second-order valence-corrected chi connectivity index (χ2v) is 3.67. The zero-order valence-electron chi connectivity index (χ0n) is 8.73. The summed E-state index contributed by atoms with van der Waals surface area (Å²) in [4.78, 5) is 4.22. The minimum Gasteiger partial charge on any atom is -0.496 e. The molecule has 1 unspecified atom stereocenters. The molecule has 0 aromatic heterocycles. The number of methoxy groups -OCH3 is 1. The van der Waals surface area contributed by atoms with Gasteiger partial charge in [0.2, 0.25) is 0 Å². The lowest BCUT2D eigenvalue weighted by atomic mass is 10.1. The van der Waals surface area contributed by atoms with Crippen molar-refractivity contribution >= 4 is 23.3 Å². The molecule has 0 aliphatic carbocycles. The Bertz CT molecular complexity index is 446. The predicted octanol–water partition coefficient (Wildman–Crippen LogP) is 0.486. The Kier molecular flexibility index (Phi) is 2.91. The molecule has 0 radical (unpaired) electrons. The van der Waals surface area contributed by atoms with Gasteiger partial charge in [-0.15, -0.1) is 0 Å². The number of hydrogen-bond donors (Lipinski definition) is 3. The van der Waals surface area contributed by atoms with Crippen LogP contribution < -0.4 is 21.1 Å². The summed E-state index contributed by atoms with van der Waals surface area (Å²) in [6.45, 7) is 0. The fraction of sp³-hybridized carbons (Fsp3) is 0.200. The van der Waals surface area contributed by atoms with Crippen molar-refractivity contribution < 1.29 is 4.74 Å². The number of nitrogens with two attached hydrogens (primary N) is 1. The Balaban J connectivity index is 2.36. The molecule has 4 N–H and O–H groups in total. The molecule has 6 heteroatoms. The molecular formula is C10H12N4OS. The SMILES string of the molecule is COc1ccccc1C1N=C(N)NC(=S)N1. The minimum absolute atomic E-state index is 0.301. The average Bonchev–Trinajstić information content (AvgIpc) is 2.27. The molecule has 0 saturated carbocycles. The smallest absolute Gasteiger partial charge is 0.197 e. The van der Waals surface area contributed by atoms with Crippen LogP contribution in [0.2, 0.25) is 0 Å². The molecule has 2 rings (SSSR count). The van der Waals surface area contributed by atoms with E-state index in [1.54, 1.807) is 7.11 Å². The number of guanidine groups is 1.